The van der Waals surface area contributed by atoms with Crippen LogP contribution in [0.4, 0.5) is 0 Å². The second-order valence-electron chi connectivity index (χ2n) is 4.67. The molecule has 2 aromatic carbocycles. The van der Waals surface area contributed by atoms with Gasteiger partial charge in [-0.15, -0.1) is 6.42 Å². The number of hydrogen-bond acceptors (Lipinski definition) is 3. The second kappa shape index (κ2) is 8.11. The number of nitrogens with one attached hydrogen (secondary N) is 1. The monoisotopic (exact) mass is 281 g/mol. The summed E-state index contributed by atoms with van der Waals surface area (Å²) in [4.78, 5) is 0. The van der Waals surface area contributed by atoms with Gasteiger partial charge >= 0.3 is 0 Å². The Morgan fingerprint density at radius 2 is 1.71 bits per heavy atom. The minimum absolute atomic E-state index is 0.0685. The summed E-state index contributed by atoms with van der Waals surface area (Å²) in [6.07, 6.45) is 5.15. The van der Waals surface area contributed by atoms with Crippen molar-refractivity contribution in [3.63, 3.8) is 0 Å². The van der Waals surface area contributed by atoms with E-state index in [9.17, 15) is 5.11 Å². The van der Waals surface area contributed by atoms with Crippen LogP contribution in [-0.2, 0) is 19.7 Å². The van der Waals surface area contributed by atoms with Gasteiger partial charge in [0.1, 0.15) is 12.4 Å². The Morgan fingerprint density at radius 1 is 1.00 bits per heavy atom. The molecule has 3 nitrogen and oxygen atoms in total. The van der Waals surface area contributed by atoms with Crippen LogP contribution in [0.15, 0.2) is 48.5 Å². The van der Waals surface area contributed by atoms with Crippen molar-refractivity contribution in [2.45, 2.75) is 19.7 Å². The van der Waals surface area contributed by atoms with Crippen LogP contribution < -0.4 is 10.1 Å². The number of aliphatic hydroxyl groups excluding tert-OH is 1. The molecule has 2 aromatic rings. The molecule has 0 saturated carbocycles. The van der Waals surface area contributed by atoms with Gasteiger partial charge in [0.2, 0.25) is 0 Å². The van der Waals surface area contributed by atoms with Gasteiger partial charge in [0.25, 0.3) is 0 Å². The summed E-state index contributed by atoms with van der Waals surface area (Å²) >= 11 is 0. The minimum atomic E-state index is 0.0685. The number of aliphatic hydroxyl groups is 1. The van der Waals surface area contributed by atoms with Crippen molar-refractivity contribution in [3.8, 4) is 18.1 Å². The zero-order chi connectivity index (χ0) is 14.9. The van der Waals surface area contributed by atoms with Crippen molar-refractivity contribution >= 4 is 0 Å². The van der Waals surface area contributed by atoms with Crippen molar-refractivity contribution in [2.75, 3.05) is 6.61 Å². The summed E-state index contributed by atoms with van der Waals surface area (Å²) in [5.74, 6) is 3.22. The molecule has 0 atom stereocenters. The van der Waals surface area contributed by atoms with Crippen LogP contribution in [0.3, 0.4) is 0 Å². The topological polar surface area (TPSA) is 41.5 Å². The number of terminal acetylenes is 1. The number of hydrogen-bond donors (Lipinski definition) is 2. The van der Waals surface area contributed by atoms with Gasteiger partial charge < -0.3 is 15.2 Å². The molecule has 0 heterocycles. The average Bonchev–Trinajstić information content (AvgIpc) is 2.54. The molecule has 0 aromatic heterocycles. The molecule has 21 heavy (non-hydrogen) atoms. The van der Waals surface area contributed by atoms with E-state index in [1.807, 2.05) is 48.5 Å². The zero-order valence-electron chi connectivity index (χ0n) is 11.9. The number of benzene rings is 2. The highest BCUT2D eigenvalue weighted by Gasteiger charge is 2.00. The zero-order valence-corrected chi connectivity index (χ0v) is 11.9. The van der Waals surface area contributed by atoms with E-state index in [4.69, 9.17) is 11.2 Å². The molecule has 0 aliphatic rings. The third-order valence-electron chi connectivity index (χ3n) is 3.18. The Hall–Kier alpha value is -2.28. The van der Waals surface area contributed by atoms with Gasteiger partial charge in [-0.1, -0.05) is 42.3 Å². The first-order chi connectivity index (χ1) is 10.3. The van der Waals surface area contributed by atoms with Crippen LogP contribution in [0.2, 0.25) is 0 Å². The van der Waals surface area contributed by atoms with Gasteiger partial charge in [-0.25, -0.2) is 0 Å². The van der Waals surface area contributed by atoms with Crippen molar-refractivity contribution in [1.29, 1.82) is 0 Å². The molecular weight excluding hydrogens is 262 g/mol. The molecule has 3 heteroatoms. The van der Waals surface area contributed by atoms with Gasteiger partial charge in [-0.2, -0.15) is 0 Å². The molecular formula is C18H19NO2. The van der Waals surface area contributed by atoms with Crippen LogP contribution in [0.1, 0.15) is 16.7 Å². The molecule has 108 valence electrons. The van der Waals surface area contributed by atoms with Gasteiger partial charge in [0.15, 0.2) is 0 Å². The molecule has 0 fully saturated rings. The van der Waals surface area contributed by atoms with Gasteiger partial charge in [0, 0.05) is 13.1 Å². The number of ether oxygens (including phenoxy) is 1. The molecule has 0 unspecified atom stereocenters. The predicted octanol–water partition coefficient (Wildman–Crippen LogP) is 2.48. The first-order valence-electron chi connectivity index (χ1n) is 6.87. The average molecular weight is 281 g/mol. The number of rotatable bonds is 7. The lowest BCUT2D eigenvalue weighted by Gasteiger charge is -2.09. The molecule has 0 radical (unpaired) electrons. The molecule has 2 N–H and O–H groups in total. The Morgan fingerprint density at radius 3 is 2.38 bits per heavy atom. The first kappa shape index (κ1) is 15.1. The highest BCUT2D eigenvalue weighted by atomic mass is 16.5. The summed E-state index contributed by atoms with van der Waals surface area (Å²) < 4.78 is 5.33. The van der Waals surface area contributed by atoms with Gasteiger partial charge in [-0.05, 0) is 28.8 Å². The predicted molar refractivity (Wildman–Crippen MR) is 83.7 cm³/mol. The van der Waals surface area contributed by atoms with E-state index < -0.39 is 0 Å². The Balaban J connectivity index is 1.84. The quantitative estimate of drug-likeness (QED) is 0.766. The van der Waals surface area contributed by atoms with E-state index >= 15 is 0 Å². The maximum absolute atomic E-state index is 9.28. The van der Waals surface area contributed by atoms with E-state index in [0.717, 1.165) is 30.0 Å². The fourth-order valence-electron chi connectivity index (χ4n) is 2.05. The van der Waals surface area contributed by atoms with Crippen LogP contribution in [0, 0.1) is 12.3 Å². The molecule has 0 aliphatic heterocycles. The van der Waals surface area contributed by atoms with Crippen LogP contribution in [-0.4, -0.2) is 11.7 Å². The largest absolute Gasteiger partial charge is 0.481 e. The molecule has 0 aliphatic carbocycles. The first-order valence-corrected chi connectivity index (χ1v) is 6.87. The fourth-order valence-corrected chi connectivity index (χ4v) is 2.05. The third kappa shape index (κ3) is 4.64. The standard InChI is InChI=1S/C18H19NO2/c1-2-11-21-18-9-7-15(8-10-18)12-19-13-16-5-3-4-6-17(16)14-20/h1,3-10,19-20H,11-14H2. The highest BCUT2D eigenvalue weighted by Crippen LogP contribution is 2.12. The van der Waals surface area contributed by atoms with E-state index in [0.29, 0.717) is 0 Å². The Labute approximate surface area is 125 Å². The van der Waals surface area contributed by atoms with Crippen molar-refractivity contribution < 1.29 is 9.84 Å². The molecule has 0 amide bonds. The van der Waals surface area contributed by atoms with E-state index in [-0.39, 0.29) is 13.2 Å². The van der Waals surface area contributed by atoms with E-state index in [2.05, 4.69) is 11.2 Å². The lowest BCUT2D eigenvalue weighted by molar-refractivity contribution is 0.280. The maximum Gasteiger partial charge on any atom is 0.148 e. The Kier molecular flexibility index (Phi) is 5.83. The summed E-state index contributed by atoms with van der Waals surface area (Å²) in [5.41, 5.74) is 3.25. The summed E-state index contributed by atoms with van der Waals surface area (Å²) in [7, 11) is 0. The van der Waals surface area contributed by atoms with Crippen molar-refractivity contribution in [2.24, 2.45) is 0 Å². The molecule has 0 saturated heterocycles. The summed E-state index contributed by atoms with van der Waals surface area (Å²) in [6.45, 7) is 1.84. The van der Waals surface area contributed by atoms with Gasteiger partial charge in [0.05, 0.1) is 6.61 Å². The maximum atomic E-state index is 9.28. The van der Waals surface area contributed by atoms with Crippen molar-refractivity contribution in [3.05, 3.63) is 65.2 Å². The lowest BCUT2D eigenvalue weighted by Crippen LogP contribution is -2.14. The molecule has 0 bridgehead atoms. The highest BCUT2D eigenvalue weighted by molar-refractivity contribution is 5.28. The lowest BCUT2D eigenvalue weighted by atomic mass is 10.1. The Bertz CT molecular complexity index is 599. The smallest absolute Gasteiger partial charge is 0.148 e. The van der Waals surface area contributed by atoms with Crippen LogP contribution >= 0.6 is 0 Å². The summed E-state index contributed by atoms with van der Waals surface area (Å²) in [5, 5.41) is 12.7. The van der Waals surface area contributed by atoms with Crippen LogP contribution in [0.5, 0.6) is 5.75 Å². The second-order valence-corrected chi connectivity index (χ2v) is 4.67. The SMILES string of the molecule is C#CCOc1ccc(CNCc2ccccc2CO)cc1. The molecule has 2 rings (SSSR count). The minimum Gasteiger partial charge on any atom is -0.481 e. The van der Waals surface area contributed by atoms with Gasteiger partial charge in [-0.3, -0.25) is 0 Å². The van der Waals surface area contributed by atoms with E-state index in [1.165, 1.54) is 5.56 Å². The van der Waals surface area contributed by atoms with E-state index in [1.54, 1.807) is 0 Å². The van der Waals surface area contributed by atoms with Crippen molar-refractivity contribution in [1.82, 2.24) is 5.32 Å². The normalized spacial score (nSPS) is 10.1. The molecule has 0 spiro atoms. The fraction of sp³-hybridized carbons (Fsp3) is 0.222. The summed E-state index contributed by atoms with van der Waals surface area (Å²) in [6, 6.07) is 15.7. The van der Waals surface area contributed by atoms with Crippen LogP contribution in [0.25, 0.3) is 0 Å². The third-order valence-corrected chi connectivity index (χ3v) is 3.18.